The van der Waals surface area contributed by atoms with E-state index in [2.05, 4.69) is 15.6 Å². The van der Waals surface area contributed by atoms with E-state index in [4.69, 9.17) is 5.26 Å². The zero-order valence-electron chi connectivity index (χ0n) is 8.53. The van der Waals surface area contributed by atoms with Gasteiger partial charge >= 0.3 is 0 Å². The molecule has 2 N–H and O–H groups in total. The minimum absolute atomic E-state index is 0.454. The molecule has 1 aliphatic carbocycles. The van der Waals surface area contributed by atoms with Gasteiger partial charge in [-0.2, -0.15) is 5.26 Å². The van der Waals surface area contributed by atoms with Gasteiger partial charge in [0.05, 0.1) is 0 Å². The van der Waals surface area contributed by atoms with Gasteiger partial charge in [-0.1, -0.05) is 6.07 Å². The molecule has 1 fully saturated rings. The van der Waals surface area contributed by atoms with Crippen molar-refractivity contribution < 1.29 is 0 Å². The molecule has 0 spiro atoms. The molecule has 78 valence electrons. The van der Waals surface area contributed by atoms with Gasteiger partial charge in [-0.05, 0) is 25.0 Å². The number of hydrogen-bond donors (Lipinski definition) is 2. The smallest absolute Gasteiger partial charge is 0.142 e. The zero-order valence-corrected chi connectivity index (χ0v) is 8.53. The van der Waals surface area contributed by atoms with Crippen molar-refractivity contribution in [2.75, 3.05) is 18.4 Å². The second-order valence-electron chi connectivity index (χ2n) is 3.68. The standard InChI is InChI=1S/C11H14N4/c12-8-10-2-1-3-11(15-10)14-7-6-13-9-4-5-9/h1-3,9,13H,4-7H2,(H,14,15). The molecule has 0 aliphatic heterocycles. The summed E-state index contributed by atoms with van der Waals surface area (Å²) in [6.07, 6.45) is 2.62. The fourth-order valence-electron chi connectivity index (χ4n) is 1.35. The maximum atomic E-state index is 8.66. The Morgan fingerprint density at radius 1 is 1.40 bits per heavy atom. The number of nitriles is 1. The Kier molecular flexibility index (Phi) is 3.15. The lowest BCUT2D eigenvalue weighted by Crippen LogP contribution is -2.24. The molecule has 1 aliphatic rings. The molecule has 0 amide bonds. The topological polar surface area (TPSA) is 60.7 Å². The largest absolute Gasteiger partial charge is 0.369 e. The molecule has 1 aromatic rings. The van der Waals surface area contributed by atoms with E-state index in [-0.39, 0.29) is 0 Å². The van der Waals surface area contributed by atoms with Crippen LogP contribution in [-0.4, -0.2) is 24.1 Å². The third-order valence-corrected chi connectivity index (χ3v) is 2.31. The first-order valence-corrected chi connectivity index (χ1v) is 5.23. The van der Waals surface area contributed by atoms with Gasteiger partial charge in [0, 0.05) is 19.1 Å². The number of rotatable bonds is 5. The summed E-state index contributed by atoms with van der Waals surface area (Å²) < 4.78 is 0. The molecule has 15 heavy (non-hydrogen) atoms. The molecule has 4 heteroatoms. The summed E-state index contributed by atoms with van der Waals surface area (Å²) >= 11 is 0. The Morgan fingerprint density at radius 3 is 3.00 bits per heavy atom. The minimum Gasteiger partial charge on any atom is -0.369 e. The maximum Gasteiger partial charge on any atom is 0.142 e. The Balaban J connectivity index is 1.74. The summed E-state index contributed by atoms with van der Waals surface area (Å²) in [6.45, 7) is 1.79. The molecule has 0 unspecified atom stereocenters. The fraction of sp³-hybridized carbons (Fsp3) is 0.455. The number of anilines is 1. The van der Waals surface area contributed by atoms with Crippen molar-refractivity contribution in [3.05, 3.63) is 23.9 Å². The Labute approximate surface area is 89.3 Å². The van der Waals surface area contributed by atoms with Crippen LogP contribution in [0.2, 0.25) is 0 Å². The van der Waals surface area contributed by atoms with E-state index in [0.717, 1.165) is 24.9 Å². The van der Waals surface area contributed by atoms with Gasteiger partial charge in [0.1, 0.15) is 17.6 Å². The van der Waals surface area contributed by atoms with Crippen LogP contribution in [0.25, 0.3) is 0 Å². The van der Waals surface area contributed by atoms with E-state index in [1.54, 1.807) is 6.07 Å². The molecule has 1 aromatic heterocycles. The van der Waals surface area contributed by atoms with Gasteiger partial charge < -0.3 is 10.6 Å². The van der Waals surface area contributed by atoms with Gasteiger partial charge in [-0.15, -0.1) is 0 Å². The highest BCUT2D eigenvalue weighted by Crippen LogP contribution is 2.17. The summed E-state index contributed by atoms with van der Waals surface area (Å²) in [6, 6.07) is 8.17. The Hall–Kier alpha value is -1.60. The van der Waals surface area contributed by atoms with Crippen LogP contribution >= 0.6 is 0 Å². The summed E-state index contributed by atoms with van der Waals surface area (Å²) in [5.41, 5.74) is 0.454. The number of nitrogens with one attached hydrogen (secondary N) is 2. The molecule has 0 saturated heterocycles. The first kappa shape index (κ1) is 9.94. The predicted molar refractivity (Wildman–Crippen MR) is 58.5 cm³/mol. The highest BCUT2D eigenvalue weighted by molar-refractivity contribution is 5.38. The van der Waals surface area contributed by atoms with Crippen molar-refractivity contribution >= 4 is 5.82 Å². The van der Waals surface area contributed by atoms with E-state index in [1.807, 2.05) is 18.2 Å². The Morgan fingerprint density at radius 2 is 2.27 bits per heavy atom. The summed E-state index contributed by atoms with van der Waals surface area (Å²) in [5.74, 6) is 0.770. The van der Waals surface area contributed by atoms with Gasteiger partial charge in [0.15, 0.2) is 0 Å². The molecule has 0 bridgehead atoms. The van der Waals surface area contributed by atoms with Crippen LogP contribution in [0.5, 0.6) is 0 Å². The van der Waals surface area contributed by atoms with E-state index >= 15 is 0 Å². The van der Waals surface area contributed by atoms with E-state index < -0.39 is 0 Å². The SMILES string of the molecule is N#Cc1cccc(NCCNC2CC2)n1. The van der Waals surface area contributed by atoms with Crippen molar-refractivity contribution in [3.63, 3.8) is 0 Å². The number of aromatic nitrogens is 1. The van der Waals surface area contributed by atoms with Crippen molar-refractivity contribution in [2.24, 2.45) is 0 Å². The average molecular weight is 202 g/mol. The van der Waals surface area contributed by atoms with Gasteiger partial charge in [0.25, 0.3) is 0 Å². The normalized spacial score (nSPS) is 14.6. The Bertz CT molecular complexity index is 365. The monoisotopic (exact) mass is 202 g/mol. The second kappa shape index (κ2) is 4.76. The van der Waals surface area contributed by atoms with Gasteiger partial charge in [-0.3, -0.25) is 0 Å². The lowest BCUT2D eigenvalue weighted by molar-refractivity contribution is 0.700. The fourth-order valence-corrected chi connectivity index (χ4v) is 1.35. The molecular weight excluding hydrogens is 188 g/mol. The van der Waals surface area contributed by atoms with Crippen LogP contribution in [0.1, 0.15) is 18.5 Å². The first-order chi connectivity index (χ1) is 7.38. The second-order valence-corrected chi connectivity index (χ2v) is 3.68. The molecule has 2 rings (SSSR count). The average Bonchev–Trinajstić information content (AvgIpc) is 3.09. The quantitative estimate of drug-likeness (QED) is 0.702. The van der Waals surface area contributed by atoms with Crippen molar-refractivity contribution in [3.8, 4) is 6.07 Å². The van der Waals surface area contributed by atoms with Crippen molar-refractivity contribution in [1.82, 2.24) is 10.3 Å². The van der Waals surface area contributed by atoms with E-state index in [9.17, 15) is 0 Å². The number of hydrogen-bond acceptors (Lipinski definition) is 4. The highest BCUT2D eigenvalue weighted by atomic mass is 15.0. The predicted octanol–water partition coefficient (Wildman–Crippen LogP) is 1.12. The zero-order chi connectivity index (χ0) is 10.5. The maximum absolute atomic E-state index is 8.66. The molecule has 0 aromatic carbocycles. The summed E-state index contributed by atoms with van der Waals surface area (Å²) in [5, 5.41) is 15.2. The van der Waals surface area contributed by atoms with Crippen LogP contribution < -0.4 is 10.6 Å². The van der Waals surface area contributed by atoms with Crippen molar-refractivity contribution in [1.29, 1.82) is 5.26 Å². The minimum atomic E-state index is 0.454. The van der Waals surface area contributed by atoms with E-state index in [0.29, 0.717) is 5.69 Å². The molecular formula is C11H14N4. The first-order valence-electron chi connectivity index (χ1n) is 5.23. The molecule has 1 saturated carbocycles. The number of pyridine rings is 1. The molecule has 0 radical (unpaired) electrons. The highest BCUT2D eigenvalue weighted by Gasteiger charge is 2.19. The van der Waals surface area contributed by atoms with Crippen LogP contribution in [0.4, 0.5) is 5.82 Å². The van der Waals surface area contributed by atoms with Crippen LogP contribution in [0.15, 0.2) is 18.2 Å². The summed E-state index contributed by atoms with van der Waals surface area (Å²) in [4.78, 5) is 4.12. The third kappa shape index (κ3) is 3.22. The molecule has 1 heterocycles. The van der Waals surface area contributed by atoms with Crippen LogP contribution in [-0.2, 0) is 0 Å². The lowest BCUT2D eigenvalue weighted by atomic mass is 10.3. The molecule has 0 atom stereocenters. The van der Waals surface area contributed by atoms with E-state index in [1.165, 1.54) is 12.8 Å². The summed E-state index contributed by atoms with van der Waals surface area (Å²) in [7, 11) is 0. The third-order valence-electron chi connectivity index (χ3n) is 2.31. The van der Waals surface area contributed by atoms with Crippen molar-refractivity contribution in [2.45, 2.75) is 18.9 Å². The van der Waals surface area contributed by atoms with Gasteiger partial charge in [0.2, 0.25) is 0 Å². The van der Waals surface area contributed by atoms with Crippen LogP contribution in [0.3, 0.4) is 0 Å². The van der Waals surface area contributed by atoms with Gasteiger partial charge in [-0.25, -0.2) is 4.98 Å². The molecule has 4 nitrogen and oxygen atoms in total. The van der Waals surface area contributed by atoms with Crippen LogP contribution in [0, 0.1) is 11.3 Å². The lowest BCUT2D eigenvalue weighted by Gasteiger charge is -2.05. The number of nitrogens with zero attached hydrogens (tertiary/aromatic N) is 2.